The van der Waals surface area contributed by atoms with Gasteiger partial charge in [0.2, 0.25) is 5.91 Å². The Bertz CT molecular complexity index is 671. The maximum absolute atomic E-state index is 11.3. The highest BCUT2D eigenvalue weighted by Crippen LogP contribution is 2.35. The predicted octanol–water partition coefficient (Wildman–Crippen LogP) is 1.81. The third-order valence-electron chi connectivity index (χ3n) is 5.93. The number of piperidine rings is 1. The monoisotopic (exact) mass is 360 g/mol. The average molecular weight is 360 g/mol. The molecule has 0 radical (unpaired) electrons. The number of ether oxygens (including phenoxy) is 3. The first-order valence-electron chi connectivity index (χ1n) is 9.57. The van der Waals surface area contributed by atoms with Crippen molar-refractivity contribution in [1.29, 1.82) is 0 Å². The molecule has 142 valence electrons. The van der Waals surface area contributed by atoms with Crippen molar-refractivity contribution < 1.29 is 19.0 Å². The molecule has 0 aromatic heterocycles. The van der Waals surface area contributed by atoms with Gasteiger partial charge < -0.3 is 24.4 Å². The lowest BCUT2D eigenvalue weighted by Crippen LogP contribution is -2.57. The van der Waals surface area contributed by atoms with Crippen molar-refractivity contribution >= 4 is 5.91 Å². The number of likely N-dealkylation sites (tertiary alicyclic amines) is 1. The van der Waals surface area contributed by atoms with Crippen molar-refractivity contribution in [2.75, 3.05) is 39.4 Å². The molecule has 6 nitrogen and oxygen atoms in total. The van der Waals surface area contributed by atoms with Crippen LogP contribution < -0.4 is 14.8 Å². The van der Waals surface area contributed by atoms with Gasteiger partial charge in [-0.15, -0.1) is 0 Å². The zero-order chi connectivity index (χ0) is 18.1. The Morgan fingerprint density at radius 1 is 1.19 bits per heavy atom. The van der Waals surface area contributed by atoms with E-state index in [4.69, 9.17) is 14.2 Å². The van der Waals surface area contributed by atoms with E-state index >= 15 is 0 Å². The van der Waals surface area contributed by atoms with Crippen molar-refractivity contribution in [3.8, 4) is 11.5 Å². The highest BCUT2D eigenvalue weighted by atomic mass is 16.6. The number of hydrogen-bond acceptors (Lipinski definition) is 5. The Kier molecular flexibility index (Phi) is 4.80. The van der Waals surface area contributed by atoms with Crippen molar-refractivity contribution in [2.24, 2.45) is 0 Å². The van der Waals surface area contributed by atoms with Gasteiger partial charge >= 0.3 is 0 Å². The molecular weight excluding hydrogens is 332 g/mol. The molecule has 1 unspecified atom stereocenters. The van der Waals surface area contributed by atoms with Gasteiger partial charge in [0, 0.05) is 32.6 Å². The maximum atomic E-state index is 11.3. The fraction of sp³-hybridized carbons (Fsp3) is 0.650. The topological polar surface area (TPSA) is 60.0 Å². The summed E-state index contributed by atoms with van der Waals surface area (Å²) in [5.74, 6) is 1.73. The van der Waals surface area contributed by atoms with E-state index in [-0.39, 0.29) is 24.2 Å². The van der Waals surface area contributed by atoms with Gasteiger partial charge in [-0.25, -0.2) is 0 Å². The molecular formula is C20H28N2O4. The summed E-state index contributed by atoms with van der Waals surface area (Å²) in [6, 6.07) is 4.14. The second-order valence-corrected chi connectivity index (χ2v) is 7.81. The minimum absolute atomic E-state index is 0.00165. The summed E-state index contributed by atoms with van der Waals surface area (Å²) in [5.41, 5.74) is 2.31. The molecule has 0 saturated carbocycles. The smallest absolute Gasteiger partial charge is 0.246 e. The van der Waals surface area contributed by atoms with E-state index < -0.39 is 0 Å². The van der Waals surface area contributed by atoms with Crippen LogP contribution in [0, 0.1) is 13.8 Å². The Balaban J connectivity index is 1.25. The van der Waals surface area contributed by atoms with Gasteiger partial charge in [-0.1, -0.05) is 0 Å². The summed E-state index contributed by atoms with van der Waals surface area (Å²) in [7, 11) is 0. The van der Waals surface area contributed by atoms with E-state index in [0.29, 0.717) is 13.2 Å². The van der Waals surface area contributed by atoms with Gasteiger partial charge in [0.1, 0.15) is 19.3 Å². The lowest BCUT2D eigenvalue weighted by atomic mass is 9.90. The first-order valence-corrected chi connectivity index (χ1v) is 9.57. The number of carbonyl (C=O) groups is 1. The lowest BCUT2D eigenvalue weighted by molar-refractivity contribution is -0.150. The van der Waals surface area contributed by atoms with Crippen molar-refractivity contribution in [3.63, 3.8) is 0 Å². The first kappa shape index (κ1) is 17.6. The number of nitrogens with zero attached hydrogens (tertiary/aromatic N) is 1. The summed E-state index contributed by atoms with van der Waals surface area (Å²) in [6.45, 7) is 8.65. The van der Waals surface area contributed by atoms with E-state index in [0.717, 1.165) is 50.4 Å². The Morgan fingerprint density at radius 3 is 2.62 bits per heavy atom. The van der Waals surface area contributed by atoms with Crippen LogP contribution in [0.15, 0.2) is 12.1 Å². The normalized spacial score (nSPS) is 25.2. The van der Waals surface area contributed by atoms with E-state index in [2.05, 4.69) is 36.2 Å². The Labute approximate surface area is 154 Å². The minimum atomic E-state index is -0.150. The Morgan fingerprint density at radius 2 is 1.92 bits per heavy atom. The van der Waals surface area contributed by atoms with E-state index in [9.17, 15) is 4.79 Å². The van der Waals surface area contributed by atoms with Crippen LogP contribution in [0.2, 0.25) is 0 Å². The van der Waals surface area contributed by atoms with Crippen LogP contribution in [0.5, 0.6) is 11.5 Å². The average Bonchev–Trinajstić information content (AvgIpc) is 2.65. The largest absolute Gasteiger partial charge is 0.486 e. The number of benzene rings is 1. The van der Waals surface area contributed by atoms with E-state index in [1.807, 2.05) is 0 Å². The number of aryl methyl sites for hydroxylation is 2. The standard InChI is InChI=1S/C20H28N2O4/c1-14-9-17-18(10-15(14)2)26-16(11-24-17)3-6-22-7-4-20(5-8-22)13-21-19(23)12-25-20/h9-10,16H,3-8,11-13H2,1-2H3,(H,21,23). The molecule has 3 heterocycles. The number of nitrogens with one attached hydrogen (secondary N) is 1. The molecule has 0 aliphatic carbocycles. The number of fused-ring (bicyclic) bond motifs is 1. The van der Waals surface area contributed by atoms with E-state index in [1.54, 1.807) is 0 Å². The first-order chi connectivity index (χ1) is 12.5. The van der Waals surface area contributed by atoms with Gasteiger partial charge in [0.15, 0.2) is 11.5 Å². The molecule has 3 aliphatic rings. The van der Waals surface area contributed by atoms with Crippen LogP contribution in [0.4, 0.5) is 0 Å². The van der Waals surface area contributed by atoms with Crippen LogP contribution in [0.3, 0.4) is 0 Å². The van der Waals surface area contributed by atoms with Crippen LogP contribution >= 0.6 is 0 Å². The number of amides is 1. The Hall–Kier alpha value is -1.79. The molecule has 1 aromatic rings. The molecule has 0 bridgehead atoms. The van der Waals surface area contributed by atoms with Crippen molar-refractivity contribution in [2.45, 2.75) is 44.8 Å². The fourth-order valence-electron chi connectivity index (χ4n) is 3.92. The third kappa shape index (κ3) is 3.67. The zero-order valence-corrected chi connectivity index (χ0v) is 15.7. The van der Waals surface area contributed by atoms with Gasteiger partial charge in [0.25, 0.3) is 0 Å². The summed E-state index contributed by atoms with van der Waals surface area (Å²) in [5, 5.41) is 2.94. The van der Waals surface area contributed by atoms with Crippen molar-refractivity contribution in [1.82, 2.24) is 10.2 Å². The van der Waals surface area contributed by atoms with Gasteiger partial charge in [-0.05, 0) is 49.9 Å². The number of carbonyl (C=O) groups excluding carboxylic acids is 1. The van der Waals surface area contributed by atoms with Crippen LogP contribution in [-0.2, 0) is 9.53 Å². The molecule has 3 aliphatic heterocycles. The summed E-state index contributed by atoms with van der Waals surface area (Å²) >= 11 is 0. The molecule has 1 amide bonds. The van der Waals surface area contributed by atoms with Crippen LogP contribution in [-0.4, -0.2) is 61.9 Å². The van der Waals surface area contributed by atoms with Gasteiger partial charge in [0.05, 0.1) is 5.60 Å². The minimum Gasteiger partial charge on any atom is -0.486 e. The zero-order valence-electron chi connectivity index (χ0n) is 15.7. The second kappa shape index (κ2) is 7.08. The highest BCUT2D eigenvalue weighted by molar-refractivity contribution is 5.78. The maximum Gasteiger partial charge on any atom is 0.246 e. The molecule has 1 spiro atoms. The predicted molar refractivity (Wildman–Crippen MR) is 97.8 cm³/mol. The van der Waals surface area contributed by atoms with Crippen LogP contribution in [0.25, 0.3) is 0 Å². The van der Waals surface area contributed by atoms with Gasteiger partial charge in [-0.2, -0.15) is 0 Å². The highest BCUT2D eigenvalue weighted by Gasteiger charge is 2.39. The summed E-state index contributed by atoms with van der Waals surface area (Å²) in [4.78, 5) is 13.7. The number of hydrogen-bond donors (Lipinski definition) is 1. The molecule has 6 heteroatoms. The quantitative estimate of drug-likeness (QED) is 0.891. The summed E-state index contributed by atoms with van der Waals surface area (Å²) in [6.07, 6.45) is 3.00. The molecule has 1 aromatic carbocycles. The van der Waals surface area contributed by atoms with Crippen molar-refractivity contribution in [3.05, 3.63) is 23.3 Å². The van der Waals surface area contributed by atoms with Crippen LogP contribution in [0.1, 0.15) is 30.4 Å². The second-order valence-electron chi connectivity index (χ2n) is 7.81. The molecule has 1 N–H and O–H groups in total. The summed E-state index contributed by atoms with van der Waals surface area (Å²) < 4.78 is 17.9. The third-order valence-corrected chi connectivity index (χ3v) is 5.93. The SMILES string of the molecule is Cc1cc2c(cc1C)OC(CCN1CCC3(CC1)CNC(=O)CO3)CO2. The molecule has 1 atom stereocenters. The van der Waals surface area contributed by atoms with Gasteiger partial charge in [-0.3, -0.25) is 4.79 Å². The number of rotatable bonds is 3. The molecule has 26 heavy (non-hydrogen) atoms. The fourth-order valence-corrected chi connectivity index (χ4v) is 3.92. The lowest BCUT2D eigenvalue weighted by Gasteiger charge is -2.43. The molecule has 2 saturated heterocycles. The molecule has 2 fully saturated rings. The van der Waals surface area contributed by atoms with E-state index in [1.165, 1.54) is 11.1 Å². The molecule has 4 rings (SSSR count). The number of morpholine rings is 1.